The first-order chi connectivity index (χ1) is 21.3. The van der Waals surface area contributed by atoms with Crippen LogP contribution in [0.25, 0.3) is 76.2 Å². The normalized spacial score (nSPS) is 12.2. The lowest BCUT2D eigenvalue weighted by molar-refractivity contribution is 0.672. The maximum atomic E-state index is 6.86. The fourth-order valence-corrected chi connectivity index (χ4v) is 7.22. The van der Waals surface area contributed by atoms with Gasteiger partial charge in [-0.2, -0.15) is 0 Å². The fraction of sp³-hybridized carbons (Fsp3) is 0. The van der Waals surface area contributed by atoms with Gasteiger partial charge in [0.1, 0.15) is 22.3 Å². The number of hydrogen-bond donors (Lipinski definition) is 0. The Morgan fingerprint density at radius 3 is 1.44 bits per heavy atom. The number of nitrogens with zero attached hydrogens (tertiary/aromatic N) is 1. The van der Waals surface area contributed by atoms with E-state index in [0.717, 1.165) is 66.3 Å². The van der Waals surface area contributed by atoms with Gasteiger partial charge in [0.15, 0.2) is 0 Å². The lowest BCUT2D eigenvalue weighted by atomic mass is 9.89. The van der Waals surface area contributed by atoms with Crippen molar-refractivity contribution < 1.29 is 8.83 Å². The Morgan fingerprint density at radius 2 is 0.814 bits per heavy atom. The number of furan rings is 2. The molecule has 0 saturated heterocycles. The SMILES string of the molecule is c1ccc(N(c2ccccc2)c2ccc3c(c2)oc2c4cccc5c6c7ccccc7oc6c6cccc(c32)c6c45)cc1. The van der Waals surface area contributed by atoms with Gasteiger partial charge in [0, 0.05) is 66.2 Å². The van der Waals surface area contributed by atoms with Gasteiger partial charge in [-0.25, -0.2) is 0 Å². The van der Waals surface area contributed by atoms with E-state index in [-0.39, 0.29) is 0 Å². The van der Waals surface area contributed by atoms with E-state index in [1.54, 1.807) is 0 Å². The van der Waals surface area contributed by atoms with Gasteiger partial charge < -0.3 is 13.7 Å². The van der Waals surface area contributed by atoms with Crippen LogP contribution < -0.4 is 4.90 Å². The van der Waals surface area contributed by atoms with Gasteiger partial charge >= 0.3 is 0 Å². The van der Waals surface area contributed by atoms with E-state index in [0.29, 0.717) is 0 Å². The smallest absolute Gasteiger partial charge is 0.143 e. The third-order valence-corrected chi connectivity index (χ3v) is 8.96. The van der Waals surface area contributed by atoms with Gasteiger partial charge in [0.05, 0.1) is 0 Å². The molecule has 3 nitrogen and oxygen atoms in total. The number of anilines is 3. The minimum absolute atomic E-state index is 0.871. The molecule has 0 amide bonds. The van der Waals surface area contributed by atoms with Crippen LogP contribution in [0.2, 0.25) is 0 Å². The molecule has 0 aliphatic rings. The van der Waals surface area contributed by atoms with Crippen molar-refractivity contribution in [2.45, 2.75) is 0 Å². The Kier molecular flexibility index (Phi) is 4.45. The van der Waals surface area contributed by atoms with Crippen molar-refractivity contribution in [2.75, 3.05) is 4.90 Å². The monoisotopic (exact) mass is 549 g/mol. The second-order valence-corrected chi connectivity index (χ2v) is 11.3. The molecule has 2 heterocycles. The minimum atomic E-state index is 0.871. The van der Waals surface area contributed by atoms with Crippen molar-refractivity contribution >= 4 is 93.3 Å². The molecule has 43 heavy (non-hydrogen) atoms. The van der Waals surface area contributed by atoms with E-state index >= 15 is 0 Å². The summed E-state index contributed by atoms with van der Waals surface area (Å²) in [6.07, 6.45) is 0. The standard InChI is InChI=1S/C40H23NO2/c1-3-11-24(12-4-1)41(25-13-5-2-6-14-25)26-21-22-28-34(23-26)43-40-32-19-9-16-29-35(32)36-30(38(28)40)17-10-18-31(36)39-37(29)27-15-7-8-20-33(27)42-39/h1-23H. The number of rotatable bonds is 3. The van der Waals surface area contributed by atoms with Crippen molar-refractivity contribution in [1.29, 1.82) is 0 Å². The Morgan fingerprint density at radius 1 is 0.326 bits per heavy atom. The van der Waals surface area contributed by atoms with E-state index in [4.69, 9.17) is 8.83 Å². The van der Waals surface area contributed by atoms with Gasteiger partial charge in [0.25, 0.3) is 0 Å². The number of hydrogen-bond acceptors (Lipinski definition) is 3. The molecule has 0 fully saturated rings. The topological polar surface area (TPSA) is 29.5 Å². The molecular formula is C40H23NO2. The summed E-state index contributed by atoms with van der Waals surface area (Å²) in [6, 6.07) is 49.1. The first kappa shape index (κ1) is 22.8. The average molecular weight is 550 g/mol. The van der Waals surface area contributed by atoms with Crippen LogP contribution in [-0.4, -0.2) is 0 Å². The zero-order valence-corrected chi connectivity index (χ0v) is 23.0. The van der Waals surface area contributed by atoms with E-state index in [2.05, 4.69) is 138 Å². The summed E-state index contributed by atoms with van der Waals surface area (Å²) in [5.41, 5.74) is 6.90. The molecular weight excluding hydrogens is 526 g/mol. The maximum absolute atomic E-state index is 6.86. The van der Waals surface area contributed by atoms with Crippen LogP contribution in [0.1, 0.15) is 0 Å². The van der Waals surface area contributed by atoms with Gasteiger partial charge in [-0.1, -0.05) is 91.0 Å². The first-order valence-corrected chi connectivity index (χ1v) is 14.6. The molecule has 10 rings (SSSR count). The molecule has 200 valence electrons. The molecule has 0 spiro atoms. The minimum Gasteiger partial charge on any atom is -0.455 e. The summed E-state index contributed by atoms with van der Waals surface area (Å²) in [5.74, 6) is 0. The molecule has 0 N–H and O–H groups in total. The van der Waals surface area contributed by atoms with Gasteiger partial charge in [0.2, 0.25) is 0 Å². The fourth-order valence-electron chi connectivity index (χ4n) is 7.22. The molecule has 0 aliphatic carbocycles. The molecule has 0 unspecified atom stereocenters. The van der Waals surface area contributed by atoms with Gasteiger partial charge in [-0.15, -0.1) is 0 Å². The van der Waals surface area contributed by atoms with E-state index in [1.165, 1.54) is 26.9 Å². The highest BCUT2D eigenvalue weighted by molar-refractivity contribution is 6.43. The molecule has 0 radical (unpaired) electrons. The quantitative estimate of drug-likeness (QED) is 0.205. The second-order valence-electron chi connectivity index (χ2n) is 11.3. The van der Waals surface area contributed by atoms with Crippen LogP contribution in [0.15, 0.2) is 148 Å². The van der Waals surface area contributed by atoms with E-state index in [1.807, 2.05) is 6.07 Å². The maximum Gasteiger partial charge on any atom is 0.143 e. The molecule has 0 aliphatic heterocycles. The first-order valence-electron chi connectivity index (χ1n) is 14.6. The molecule has 0 bridgehead atoms. The van der Waals surface area contributed by atoms with Gasteiger partial charge in [-0.3, -0.25) is 0 Å². The van der Waals surface area contributed by atoms with Crippen LogP contribution >= 0.6 is 0 Å². The summed E-state index contributed by atoms with van der Waals surface area (Å²) in [4.78, 5) is 2.27. The Hall–Kier alpha value is -5.80. The predicted octanol–water partition coefficient (Wildman–Crippen LogP) is 11.9. The van der Waals surface area contributed by atoms with Crippen molar-refractivity contribution in [3.63, 3.8) is 0 Å². The largest absolute Gasteiger partial charge is 0.455 e. The van der Waals surface area contributed by atoms with E-state index < -0.39 is 0 Å². The summed E-state index contributed by atoms with van der Waals surface area (Å²) in [5, 5.41) is 11.7. The summed E-state index contributed by atoms with van der Waals surface area (Å²) >= 11 is 0. The predicted molar refractivity (Wildman–Crippen MR) is 179 cm³/mol. The molecule has 8 aromatic carbocycles. The number of para-hydroxylation sites is 3. The van der Waals surface area contributed by atoms with Gasteiger partial charge in [-0.05, 0) is 53.2 Å². The summed E-state index contributed by atoms with van der Waals surface area (Å²) < 4.78 is 13.4. The summed E-state index contributed by atoms with van der Waals surface area (Å²) in [7, 11) is 0. The highest BCUT2D eigenvalue weighted by Crippen LogP contribution is 2.49. The van der Waals surface area contributed by atoms with Crippen molar-refractivity contribution in [3.8, 4) is 0 Å². The Bertz CT molecular complexity index is 2630. The molecule has 0 atom stereocenters. The molecule has 2 aromatic heterocycles. The van der Waals surface area contributed by atoms with E-state index in [9.17, 15) is 0 Å². The highest BCUT2D eigenvalue weighted by Gasteiger charge is 2.23. The molecule has 0 saturated carbocycles. The number of benzene rings is 8. The van der Waals surface area contributed by atoms with Crippen molar-refractivity contribution in [2.24, 2.45) is 0 Å². The van der Waals surface area contributed by atoms with Crippen LogP contribution in [-0.2, 0) is 0 Å². The lowest BCUT2D eigenvalue weighted by Gasteiger charge is -2.25. The van der Waals surface area contributed by atoms with Crippen LogP contribution in [0.4, 0.5) is 17.1 Å². The summed E-state index contributed by atoms with van der Waals surface area (Å²) in [6.45, 7) is 0. The highest BCUT2D eigenvalue weighted by atomic mass is 16.3. The van der Waals surface area contributed by atoms with Crippen molar-refractivity contribution in [1.82, 2.24) is 0 Å². The third kappa shape index (κ3) is 3.03. The second kappa shape index (κ2) is 8.37. The average Bonchev–Trinajstić information content (AvgIpc) is 3.65. The third-order valence-electron chi connectivity index (χ3n) is 8.96. The molecule has 10 aromatic rings. The van der Waals surface area contributed by atoms with Crippen LogP contribution in [0, 0.1) is 0 Å². The zero-order chi connectivity index (χ0) is 28.1. The Balaban J connectivity index is 1.33. The lowest BCUT2D eigenvalue weighted by Crippen LogP contribution is -2.09. The Labute approximate surface area is 246 Å². The van der Waals surface area contributed by atoms with Crippen molar-refractivity contribution in [3.05, 3.63) is 140 Å². The molecule has 3 heteroatoms. The number of fused-ring (bicyclic) bond motifs is 10. The van der Waals surface area contributed by atoms with Crippen LogP contribution in [0.5, 0.6) is 0 Å². The van der Waals surface area contributed by atoms with Crippen LogP contribution in [0.3, 0.4) is 0 Å². The zero-order valence-electron chi connectivity index (χ0n) is 23.0.